The van der Waals surface area contributed by atoms with Gasteiger partial charge in [0, 0.05) is 29.6 Å². The zero-order valence-corrected chi connectivity index (χ0v) is 20.4. The first-order valence-corrected chi connectivity index (χ1v) is 13.5. The molecule has 0 unspecified atom stereocenters. The highest BCUT2D eigenvalue weighted by Gasteiger charge is 2.29. The fourth-order valence-corrected chi connectivity index (χ4v) is 6.44. The molecule has 0 bridgehead atoms. The Bertz CT molecular complexity index is 1690. The SMILES string of the molecule is O=S(=O)(N[C@@H](CO)Cc1c[nH]c2ccccc12)c1cc(-c2ccc3ccccc3c2)cc2c1OCC2. The molecule has 3 N–H and O–H groups in total. The zero-order chi connectivity index (χ0) is 24.7. The van der Waals surface area contributed by atoms with E-state index in [2.05, 4.69) is 21.8 Å². The number of sulfonamides is 1. The van der Waals surface area contributed by atoms with Gasteiger partial charge in [0.25, 0.3) is 0 Å². The normalized spacial score (nSPS) is 14.1. The largest absolute Gasteiger partial charge is 0.492 e. The standard InChI is InChI=1S/C29H26N2O4S/c32-18-25(15-24-17-30-27-8-4-3-7-26(24)27)31-36(33,34)28-16-23(14-22-11-12-35-29(22)28)21-10-9-19-5-1-2-6-20(19)13-21/h1-10,13-14,16-17,25,30-32H,11-12,15,18H2/t25-/m1/s1. The molecule has 6 nitrogen and oxygen atoms in total. The zero-order valence-electron chi connectivity index (χ0n) is 19.6. The van der Waals surface area contributed by atoms with Crippen LogP contribution >= 0.6 is 0 Å². The van der Waals surface area contributed by atoms with Crippen LogP contribution in [0.2, 0.25) is 0 Å². The summed E-state index contributed by atoms with van der Waals surface area (Å²) in [6.45, 7) is 0.115. The van der Waals surface area contributed by atoms with Crippen molar-refractivity contribution >= 4 is 31.7 Å². The van der Waals surface area contributed by atoms with Crippen molar-refractivity contribution in [2.75, 3.05) is 13.2 Å². The van der Waals surface area contributed by atoms with Crippen molar-refractivity contribution < 1.29 is 18.3 Å². The number of benzene rings is 4. The van der Waals surface area contributed by atoms with Crippen LogP contribution in [0.1, 0.15) is 11.1 Å². The van der Waals surface area contributed by atoms with E-state index >= 15 is 0 Å². The molecule has 7 heteroatoms. The van der Waals surface area contributed by atoms with Gasteiger partial charge in [-0.2, -0.15) is 0 Å². The number of ether oxygens (including phenoxy) is 1. The maximum atomic E-state index is 13.6. The molecule has 1 aliphatic heterocycles. The summed E-state index contributed by atoms with van der Waals surface area (Å²) in [6, 6.07) is 25.1. The molecule has 0 saturated carbocycles. The highest BCUT2D eigenvalue weighted by Crippen LogP contribution is 2.38. The van der Waals surface area contributed by atoms with Gasteiger partial charge in [-0.15, -0.1) is 0 Å². The van der Waals surface area contributed by atoms with Crippen molar-refractivity contribution in [3.05, 3.63) is 96.2 Å². The summed E-state index contributed by atoms with van der Waals surface area (Å²) in [4.78, 5) is 3.31. The van der Waals surface area contributed by atoms with E-state index in [0.717, 1.165) is 43.9 Å². The molecular weight excluding hydrogens is 472 g/mol. The molecule has 1 aliphatic rings. The monoisotopic (exact) mass is 498 g/mol. The van der Waals surface area contributed by atoms with Crippen molar-refractivity contribution in [3.63, 3.8) is 0 Å². The minimum Gasteiger partial charge on any atom is -0.492 e. The van der Waals surface area contributed by atoms with Crippen molar-refractivity contribution in [1.82, 2.24) is 9.71 Å². The van der Waals surface area contributed by atoms with Crippen LogP contribution in [-0.2, 0) is 22.9 Å². The Balaban J connectivity index is 1.35. The smallest absolute Gasteiger partial charge is 0.244 e. The molecule has 1 aromatic heterocycles. The number of H-pyrrole nitrogens is 1. The first-order valence-electron chi connectivity index (χ1n) is 12.0. The highest BCUT2D eigenvalue weighted by molar-refractivity contribution is 7.89. The van der Waals surface area contributed by atoms with Crippen LogP contribution in [-0.4, -0.2) is 37.8 Å². The fraction of sp³-hybridized carbons (Fsp3) is 0.172. The molecule has 4 aromatic carbocycles. The molecular formula is C29H26N2O4S. The molecule has 0 fully saturated rings. The van der Waals surface area contributed by atoms with E-state index in [9.17, 15) is 13.5 Å². The first-order chi connectivity index (χ1) is 17.5. The lowest BCUT2D eigenvalue weighted by atomic mass is 9.99. The number of hydrogen-bond acceptors (Lipinski definition) is 4. The molecule has 0 amide bonds. The van der Waals surface area contributed by atoms with Crippen molar-refractivity contribution in [1.29, 1.82) is 0 Å². The van der Waals surface area contributed by atoms with Gasteiger partial charge in [0.1, 0.15) is 10.6 Å². The van der Waals surface area contributed by atoms with Gasteiger partial charge in [0.2, 0.25) is 10.0 Å². The molecule has 0 aliphatic carbocycles. The van der Waals surface area contributed by atoms with Gasteiger partial charge in [-0.3, -0.25) is 0 Å². The van der Waals surface area contributed by atoms with Crippen molar-refractivity contribution in [2.45, 2.75) is 23.8 Å². The lowest BCUT2D eigenvalue weighted by molar-refractivity contribution is 0.256. The van der Waals surface area contributed by atoms with Crippen LogP contribution in [0, 0.1) is 0 Å². The summed E-state index contributed by atoms with van der Waals surface area (Å²) in [7, 11) is -3.97. The predicted octanol–water partition coefficient (Wildman–Crippen LogP) is 4.80. The number of aromatic amines is 1. The summed E-state index contributed by atoms with van der Waals surface area (Å²) in [6.07, 6.45) is 2.87. The minimum absolute atomic E-state index is 0.109. The Morgan fingerprint density at radius 2 is 1.75 bits per heavy atom. The van der Waals surface area contributed by atoms with Gasteiger partial charge in [-0.1, -0.05) is 54.6 Å². The predicted molar refractivity (Wildman–Crippen MR) is 142 cm³/mol. The Kier molecular flexibility index (Phi) is 5.76. The third-order valence-corrected chi connectivity index (χ3v) is 8.33. The average Bonchev–Trinajstić information content (AvgIpc) is 3.54. The summed E-state index contributed by atoms with van der Waals surface area (Å²) in [5.74, 6) is 0.399. The molecule has 0 spiro atoms. The van der Waals surface area contributed by atoms with Gasteiger partial charge in [-0.25, -0.2) is 13.1 Å². The molecule has 0 radical (unpaired) electrons. The molecule has 1 atom stereocenters. The summed E-state index contributed by atoms with van der Waals surface area (Å²) < 4.78 is 35.8. The maximum absolute atomic E-state index is 13.6. The first kappa shape index (κ1) is 22.8. The summed E-state index contributed by atoms with van der Waals surface area (Å²) in [5.41, 5.74) is 4.55. The van der Waals surface area contributed by atoms with Gasteiger partial charge >= 0.3 is 0 Å². The molecule has 2 heterocycles. The van der Waals surface area contributed by atoms with E-state index in [0.29, 0.717) is 25.2 Å². The number of aliphatic hydroxyl groups is 1. The molecule has 0 saturated heterocycles. The summed E-state index contributed by atoms with van der Waals surface area (Å²) >= 11 is 0. The van der Waals surface area contributed by atoms with Crippen LogP contribution in [0.25, 0.3) is 32.8 Å². The number of para-hydroxylation sites is 1. The quantitative estimate of drug-likeness (QED) is 0.301. The van der Waals surface area contributed by atoms with Crippen molar-refractivity contribution in [2.24, 2.45) is 0 Å². The number of aliphatic hydroxyl groups excluding tert-OH is 1. The van der Waals surface area contributed by atoms with Crippen LogP contribution < -0.4 is 9.46 Å². The Morgan fingerprint density at radius 1 is 0.944 bits per heavy atom. The van der Waals surface area contributed by atoms with E-state index in [-0.39, 0.29) is 11.5 Å². The Morgan fingerprint density at radius 3 is 2.61 bits per heavy atom. The Hall–Kier alpha value is -3.65. The second kappa shape index (κ2) is 9.09. The topological polar surface area (TPSA) is 91.4 Å². The Labute approximate surface area is 209 Å². The maximum Gasteiger partial charge on any atom is 0.244 e. The minimum atomic E-state index is -3.97. The van der Waals surface area contributed by atoms with Crippen molar-refractivity contribution in [3.8, 4) is 16.9 Å². The lowest BCUT2D eigenvalue weighted by Crippen LogP contribution is -2.39. The van der Waals surface area contributed by atoms with E-state index in [1.807, 2.05) is 66.9 Å². The van der Waals surface area contributed by atoms with Gasteiger partial charge < -0.3 is 14.8 Å². The van der Waals surface area contributed by atoms with E-state index < -0.39 is 16.1 Å². The van der Waals surface area contributed by atoms with E-state index in [1.54, 1.807) is 6.07 Å². The van der Waals surface area contributed by atoms with Crippen LogP contribution in [0.3, 0.4) is 0 Å². The fourth-order valence-electron chi connectivity index (χ4n) is 5.00. The molecule has 6 rings (SSSR count). The van der Waals surface area contributed by atoms with Gasteiger partial charge in [-0.05, 0) is 63.7 Å². The second-order valence-electron chi connectivity index (χ2n) is 9.19. The number of nitrogens with one attached hydrogen (secondary N) is 2. The number of hydrogen-bond donors (Lipinski definition) is 3. The lowest BCUT2D eigenvalue weighted by Gasteiger charge is -2.18. The van der Waals surface area contributed by atoms with Crippen LogP contribution in [0.15, 0.2) is 90.0 Å². The summed E-state index contributed by atoms with van der Waals surface area (Å²) in [5, 5.41) is 13.3. The van der Waals surface area contributed by atoms with Crippen LogP contribution in [0.4, 0.5) is 0 Å². The second-order valence-corrected chi connectivity index (χ2v) is 10.9. The molecule has 5 aromatic rings. The van der Waals surface area contributed by atoms with E-state index in [4.69, 9.17) is 4.74 Å². The average molecular weight is 499 g/mol. The number of rotatable bonds is 7. The molecule has 36 heavy (non-hydrogen) atoms. The molecule has 182 valence electrons. The van der Waals surface area contributed by atoms with E-state index in [1.165, 1.54) is 0 Å². The van der Waals surface area contributed by atoms with Gasteiger partial charge in [0.15, 0.2) is 0 Å². The highest BCUT2D eigenvalue weighted by atomic mass is 32.2. The third kappa shape index (κ3) is 4.15. The van der Waals surface area contributed by atoms with Gasteiger partial charge in [0.05, 0.1) is 13.2 Å². The van der Waals surface area contributed by atoms with Crippen LogP contribution in [0.5, 0.6) is 5.75 Å². The number of fused-ring (bicyclic) bond motifs is 3. The number of aromatic nitrogens is 1. The third-order valence-electron chi connectivity index (χ3n) is 6.81.